The van der Waals surface area contributed by atoms with Gasteiger partial charge in [-0.2, -0.15) is 5.10 Å². The van der Waals surface area contributed by atoms with Gasteiger partial charge < -0.3 is 10.9 Å². The number of aliphatic hydroxyl groups is 1. The predicted molar refractivity (Wildman–Crippen MR) is 66.5 cm³/mol. The summed E-state index contributed by atoms with van der Waals surface area (Å²) in [6.07, 6.45) is 4.69. The molecule has 17 heavy (non-hydrogen) atoms. The molecular weight excluding hydrogens is 216 g/mol. The molecule has 2 fully saturated rings. The van der Waals surface area contributed by atoms with E-state index in [1.54, 1.807) is 6.08 Å². The van der Waals surface area contributed by atoms with Crippen LogP contribution in [0.4, 0.5) is 0 Å². The van der Waals surface area contributed by atoms with E-state index in [-0.39, 0.29) is 17.3 Å². The number of carbonyl (C=O) groups is 1. The maximum atomic E-state index is 12.0. The zero-order valence-electron chi connectivity index (χ0n) is 10.3. The van der Waals surface area contributed by atoms with E-state index in [2.05, 4.69) is 11.7 Å². The van der Waals surface area contributed by atoms with Crippen LogP contribution in [0.15, 0.2) is 17.8 Å². The molecule has 2 aliphatic carbocycles. The molecule has 0 aromatic rings. The third-order valence-electron chi connectivity index (χ3n) is 4.88. The topological polar surface area (TPSA) is 75.7 Å². The molecule has 2 rings (SSSR count). The van der Waals surface area contributed by atoms with Crippen molar-refractivity contribution >= 4 is 11.5 Å². The third kappa shape index (κ3) is 1.40. The van der Waals surface area contributed by atoms with Gasteiger partial charge in [0.05, 0.1) is 6.10 Å². The van der Waals surface area contributed by atoms with Gasteiger partial charge in [0.15, 0.2) is 5.78 Å². The lowest BCUT2D eigenvalue weighted by Gasteiger charge is -2.48. The molecule has 0 spiro atoms. The van der Waals surface area contributed by atoms with Crippen molar-refractivity contribution < 1.29 is 9.90 Å². The van der Waals surface area contributed by atoms with E-state index in [0.717, 1.165) is 6.42 Å². The smallest absolute Gasteiger partial charge is 0.179 e. The largest absolute Gasteiger partial charge is 0.393 e. The normalized spacial score (nSPS) is 43.8. The molecular formula is C13H20N2O2. The summed E-state index contributed by atoms with van der Waals surface area (Å²) in [6.45, 7) is 5.82. The number of Topliss-reactive ketones (excluding diaryl/α,β-unsaturated/α-hetero) is 1. The summed E-state index contributed by atoms with van der Waals surface area (Å²) in [4.78, 5) is 12.0. The Labute approximate surface area is 102 Å². The van der Waals surface area contributed by atoms with Crippen molar-refractivity contribution in [3.05, 3.63) is 12.7 Å². The van der Waals surface area contributed by atoms with Gasteiger partial charge in [-0.15, -0.1) is 6.58 Å². The third-order valence-corrected chi connectivity index (χ3v) is 4.88. The SMILES string of the molecule is C=CCC12CCC(O)C1(C)CCC(=O)/C2=N\N. The average Bonchev–Trinajstić information content (AvgIpc) is 2.55. The summed E-state index contributed by atoms with van der Waals surface area (Å²) in [6, 6.07) is 0. The first-order valence-corrected chi connectivity index (χ1v) is 6.12. The average molecular weight is 236 g/mol. The Morgan fingerprint density at radius 3 is 2.94 bits per heavy atom. The Balaban J connectivity index is 2.55. The van der Waals surface area contributed by atoms with Gasteiger partial charge in [-0.05, 0) is 25.7 Å². The molecule has 0 saturated heterocycles. The van der Waals surface area contributed by atoms with Crippen molar-refractivity contribution in [1.29, 1.82) is 0 Å². The fourth-order valence-corrected chi connectivity index (χ4v) is 3.73. The number of hydrogen-bond acceptors (Lipinski definition) is 4. The molecule has 0 aromatic carbocycles. The van der Waals surface area contributed by atoms with Crippen LogP contribution in [-0.4, -0.2) is 22.7 Å². The molecule has 0 radical (unpaired) electrons. The molecule has 3 atom stereocenters. The van der Waals surface area contributed by atoms with Crippen LogP contribution < -0.4 is 5.84 Å². The van der Waals surface area contributed by atoms with Gasteiger partial charge in [0.25, 0.3) is 0 Å². The van der Waals surface area contributed by atoms with Crippen molar-refractivity contribution in [2.75, 3.05) is 0 Å². The Morgan fingerprint density at radius 1 is 1.65 bits per heavy atom. The summed E-state index contributed by atoms with van der Waals surface area (Å²) >= 11 is 0. The number of fused-ring (bicyclic) bond motifs is 1. The minimum absolute atomic E-state index is 0.0286. The molecule has 0 heterocycles. The zero-order chi connectivity index (χ0) is 12.7. The quantitative estimate of drug-likeness (QED) is 0.432. The minimum Gasteiger partial charge on any atom is -0.393 e. The Kier molecular flexibility index (Phi) is 2.86. The summed E-state index contributed by atoms with van der Waals surface area (Å²) in [5.41, 5.74) is -0.242. The highest BCUT2D eigenvalue weighted by atomic mass is 16.3. The summed E-state index contributed by atoms with van der Waals surface area (Å²) in [5, 5.41) is 14.0. The molecule has 3 N–H and O–H groups in total. The number of hydrogen-bond donors (Lipinski definition) is 2. The Hall–Kier alpha value is -1.16. The fraction of sp³-hybridized carbons (Fsp3) is 0.692. The van der Waals surface area contributed by atoms with Gasteiger partial charge in [0.1, 0.15) is 5.71 Å². The van der Waals surface area contributed by atoms with Crippen molar-refractivity contribution in [2.24, 2.45) is 21.8 Å². The van der Waals surface area contributed by atoms with E-state index < -0.39 is 5.41 Å². The lowest BCUT2D eigenvalue weighted by atomic mass is 9.55. The Bertz CT molecular complexity index is 391. The van der Waals surface area contributed by atoms with E-state index in [1.807, 2.05) is 6.92 Å². The standard InChI is InChI=1S/C13H20N2O2/c1-3-6-13-8-5-10(17)12(13,2)7-4-9(16)11(13)15-14/h3,10,17H,1,4-8,14H2,2H3/b15-11+. The van der Waals surface area contributed by atoms with Crippen molar-refractivity contribution in [3.63, 3.8) is 0 Å². The van der Waals surface area contributed by atoms with E-state index in [9.17, 15) is 9.90 Å². The van der Waals surface area contributed by atoms with Crippen LogP contribution in [0, 0.1) is 10.8 Å². The van der Waals surface area contributed by atoms with Gasteiger partial charge in [0, 0.05) is 17.3 Å². The first kappa shape index (κ1) is 12.3. The monoisotopic (exact) mass is 236 g/mol. The van der Waals surface area contributed by atoms with Crippen LogP contribution in [0.5, 0.6) is 0 Å². The predicted octanol–water partition coefficient (Wildman–Crippen LogP) is 1.39. The van der Waals surface area contributed by atoms with Crippen molar-refractivity contribution in [2.45, 2.75) is 45.1 Å². The molecule has 2 saturated carbocycles. The van der Waals surface area contributed by atoms with Gasteiger partial charge >= 0.3 is 0 Å². The molecule has 4 heteroatoms. The van der Waals surface area contributed by atoms with Crippen LogP contribution in [0.2, 0.25) is 0 Å². The minimum atomic E-state index is -0.405. The first-order valence-electron chi connectivity index (χ1n) is 6.12. The van der Waals surface area contributed by atoms with Crippen molar-refractivity contribution in [1.82, 2.24) is 0 Å². The molecule has 2 aliphatic rings. The molecule has 0 bridgehead atoms. The lowest BCUT2D eigenvalue weighted by Crippen LogP contribution is -2.53. The second kappa shape index (κ2) is 3.95. The second-order valence-corrected chi connectivity index (χ2v) is 5.45. The van der Waals surface area contributed by atoms with Crippen LogP contribution >= 0.6 is 0 Å². The van der Waals surface area contributed by atoms with Crippen molar-refractivity contribution in [3.8, 4) is 0 Å². The number of rotatable bonds is 2. The lowest BCUT2D eigenvalue weighted by molar-refractivity contribution is -0.117. The molecule has 3 unspecified atom stereocenters. The van der Waals surface area contributed by atoms with E-state index >= 15 is 0 Å². The Morgan fingerprint density at radius 2 is 2.35 bits per heavy atom. The maximum absolute atomic E-state index is 12.0. The molecule has 0 aliphatic heterocycles. The van der Waals surface area contributed by atoms with Gasteiger partial charge in [0.2, 0.25) is 0 Å². The maximum Gasteiger partial charge on any atom is 0.179 e. The van der Waals surface area contributed by atoms with E-state index in [4.69, 9.17) is 5.84 Å². The zero-order valence-corrected chi connectivity index (χ0v) is 10.3. The highest BCUT2D eigenvalue weighted by molar-refractivity contribution is 6.42. The summed E-state index contributed by atoms with van der Waals surface area (Å²) < 4.78 is 0. The highest BCUT2D eigenvalue weighted by Gasteiger charge is 2.62. The highest BCUT2D eigenvalue weighted by Crippen LogP contribution is 2.60. The first-order chi connectivity index (χ1) is 8.02. The molecule has 4 nitrogen and oxygen atoms in total. The summed E-state index contributed by atoms with van der Waals surface area (Å²) in [5.74, 6) is 5.45. The molecule has 0 aromatic heterocycles. The number of allylic oxidation sites excluding steroid dienone is 1. The van der Waals surface area contributed by atoms with Crippen LogP contribution in [0.1, 0.15) is 39.0 Å². The number of nitrogens with two attached hydrogens (primary N) is 1. The fourth-order valence-electron chi connectivity index (χ4n) is 3.73. The van der Waals surface area contributed by atoms with E-state index in [1.165, 1.54) is 0 Å². The molecule has 0 amide bonds. The number of nitrogens with zero attached hydrogens (tertiary/aromatic N) is 1. The van der Waals surface area contributed by atoms with Gasteiger partial charge in [-0.3, -0.25) is 4.79 Å². The van der Waals surface area contributed by atoms with Gasteiger partial charge in [-0.1, -0.05) is 13.0 Å². The number of aliphatic hydroxyl groups excluding tert-OH is 1. The number of ketones is 1. The van der Waals surface area contributed by atoms with E-state index in [0.29, 0.717) is 31.4 Å². The van der Waals surface area contributed by atoms with Crippen LogP contribution in [0.3, 0.4) is 0 Å². The van der Waals surface area contributed by atoms with Gasteiger partial charge in [-0.25, -0.2) is 0 Å². The second-order valence-electron chi connectivity index (χ2n) is 5.45. The number of carbonyl (C=O) groups excluding carboxylic acids is 1. The molecule has 94 valence electrons. The number of hydrazone groups is 1. The summed E-state index contributed by atoms with van der Waals surface area (Å²) in [7, 11) is 0. The van der Waals surface area contributed by atoms with Crippen LogP contribution in [0.25, 0.3) is 0 Å². The van der Waals surface area contributed by atoms with Crippen LogP contribution in [-0.2, 0) is 4.79 Å².